The van der Waals surface area contributed by atoms with Gasteiger partial charge in [0.25, 0.3) is 0 Å². The predicted molar refractivity (Wildman–Crippen MR) is 106 cm³/mol. The lowest BCUT2D eigenvalue weighted by molar-refractivity contribution is -0.111. The van der Waals surface area contributed by atoms with Crippen molar-refractivity contribution in [2.24, 2.45) is 0 Å². The van der Waals surface area contributed by atoms with Crippen LogP contribution in [-0.4, -0.2) is 42.7 Å². The Kier molecular flexibility index (Phi) is 7.02. The van der Waals surface area contributed by atoms with Gasteiger partial charge < -0.3 is 19.5 Å². The van der Waals surface area contributed by atoms with Crippen LogP contribution >= 0.6 is 0 Å². The number of carbonyl (C=O) groups is 1. The smallest absolute Gasteiger partial charge is 0.248 e. The number of anilines is 1. The second-order valence-electron chi connectivity index (χ2n) is 5.50. The predicted octanol–water partition coefficient (Wildman–Crippen LogP) is 2.27. The van der Waals surface area contributed by atoms with Crippen LogP contribution in [0.4, 0.5) is 5.69 Å². The van der Waals surface area contributed by atoms with Crippen molar-refractivity contribution in [3.05, 3.63) is 48.0 Å². The van der Waals surface area contributed by atoms with E-state index < -0.39 is 10.0 Å². The second kappa shape index (κ2) is 9.25. The van der Waals surface area contributed by atoms with Crippen molar-refractivity contribution in [3.63, 3.8) is 0 Å². The molecule has 0 unspecified atom stereocenters. The molecule has 0 heterocycles. The minimum atomic E-state index is -3.52. The maximum atomic E-state index is 12.2. The molecule has 0 fully saturated rings. The van der Waals surface area contributed by atoms with E-state index in [9.17, 15) is 13.2 Å². The molecule has 8 nitrogen and oxygen atoms in total. The number of rotatable bonds is 8. The maximum absolute atomic E-state index is 12.2. The number of methoxy groups -OCH3 is 3. The summed E-state index contributed by atoms with van der Waals surface area (Å²) in [6.07, 6.45) is 2.91. The molecular formula is C19H22N2O6S. The van der Waals surface area contributed by atoms with Gasteiger partial charge in [-0.05, 0) is 43.5 Å². The fourth-order valence-corrected chi connectivity index (χ4v) is 3.10. The van der Waals surface area contributed by atoms with Gasteiger partial charge >= 0.3 is 0 Å². The Morgan fingerprint density at radius 1 is 0.929 bits per heavy atom. The standard InChI is InChI=1S/C19H22N2O6S/c1-20-28(23,24)15-8-6-14(7-9-15)21-19(22)10-5-13-11-17(26-3)18(27-4)12-16(13)25-2/h5-12,20H,1-4H3,(H,21,22)/b10-5+. The summed E-state index contributed by atoms with van der Waals surface area (Å²) in [4.78, 5) is 12.3. The minimum Gasteiger partial charge on any atom is -0.496 e. The fourth-order valence-electron chi connectivity index (χ4n) is 2.37. The van der Waals surface area contributed by atoms with Crippen molar-refractivity contribution in [2.45, 2.75) is 4.90 Å². The Bertz CT molecular complexity index is 969. The summed E-state index contributed by atoms with van der Waals surface area (Å²) >= 11 is 0. The summed E-state index contributed by atoms with van der Waals surface area (Å²) in [6, 6.07) is 9.18. The maximum Gasteiger partial charge on any atom is 0.248 e. The van der Waals surface area contributed by atoms with E-state index in [1.165, 1.54) is 58.7 Å². The normalized spacial score (nSPS) is 11.3. The molecule has 0 aliphatic rings. The first-order valence-electron chi connectivity index (χ1n) is 8.17. The van der Waals surface area contributed by atoms with Gasteiger partial charge in [-0.3, -0.25) is 4.79 Å². The van der Waals surface area contributed by atoms with Gasteiger partial charge in [0.05, 0.1) is 26.2 Å². The van der Waals surface area contributed by atoms with Crippen molar-refractivity contribution >= 4 is 27.7 Å². The first-order chi connectivity index (χ1) is 13.3. The Hall–Kier alpha value is -3.04. The molecule has 0 aliphatic heterocycles. The zero-order valence-corrected chi connectivity index (χ0v) is 16.8. The molecule has 1 amide bonds. The average molecular weight is 406 g/mol. The molecule has 9 heteroatoms. The zero-order chi connectivity index (χ0) is 20.7. The van der Waals surface area contributed by atoms with Gasteiger partial charge in [-0.1, -0.05) is 0 Å². The van der Waals surface area contributed by atoms with Gasteiger partial charge in [-0.2, -0.15) is 0 Å². The van der Waals surface area contributed by atoms with Gasteiger partial charge in [0.15, 0.2) is 11.5 Å². The molecule has 0 aromatic heterocycles. The number of amides is 1. The Morgan fingerprint density at radius 2 is 1.50 bits per heavy atom. The average Bonchev–Trinajstić information content (AvgIpc) is 2.71. The number of sulfonamides is 1. The minimum absolute atomic E-state index is 0.110. The fraction of sp³-hybridized carbons (Fsp3) is 0.211. The van der Waals surface area contributed by atoms with Crippen LogP contribution in [-0.2, 0) is 14.8 Å². The number of carbonyl (C=O) groups excluding carboxylic acids is 1. The van der Waals surface area contributed by atoms with Gasteiger partial charge in [0.1, 0.15) is 5.75 Å². The Balaban J connectivity index is 2.16. The number of nitrogens with one attached hydrogen (secondary N) is 2. The summed E-state index contributed by atoms with van der Waals surface area (Å²) in [5.41, 5.74) is 1.09. The van der Waals surface area contributed by atoms with Crippen LogP contribution in [0.1, 0.15) is 5.56 Å². The van der Waals surface area contributed by atoms with Crippen molar-refractivity contribution in [1.82, 2.24) is 4.72 Å². The highest BCUT2D eigenvalue weighted by molar-refractivity contribution is 7.89. The van der Waals surface area contributed by atoms with Crippen molar-refractivity contribution < 1.29 is 27.4 Å². The van der Waals surface area contributed by atoms with Crippen LogP contribution < -0.4 is 24.2 Å². The van der Waals surface area contributed by atoms with Crippen LogP contribution in [0.3, 0.4) is 0 Å². The molecule has 150 valence electrons. The lowest BCUT2D eigenvalue weighted by Crippen LogP contribution is -2.18. The SMILES string of the molecule is CNS(=O)(=O)c1ccc(NC(=O)/C=C/c2cc(OC)c(OC)cc2OC)cc1. The quantitative estimate of drug-likeness (QED) is 0.652. The molecule has 0 spiro atoms. The highest BCUT2D eigenvalue weighted by atomic mass is 32.2. The summed E-state index contributed by atoms with van der Waals surface area (Å²) in [6.45, 7) is 0. The molecule has 2 N–H and O–H groups in total. The molecule has 28 heavy (non-hydrogen) atoms. The Morgan fingerprint density at radius 3 is 2.04 bits per heavy atom. The van der Waals surface area contributed by atoms with Crippen molar-refractivity contribution in [1.29, 1.82) is 0 Å². The monoisotopic (exact) mass is 406 g/mol. The van der Waals surface area contributed by atoms with Gasteiger partial charge in [0.2, 0.25) is 15.9 Å². The lowest BCUT2D eigenvalue weighted by atomic mass is 10.1. The Labute approximate surface area is 164 Å². The molecule has 2 rings (SSSR count). The molecule has 0 saturated heterocycles. The van der Waals surface area contributed by atoms with E-state index in [0.29, 0.717) is 28.5 Å². The lowest BCUT2D eigenvalue weighted by Gasteiger charge is -2.12. The van der Waals surface area contributed by atoms with Crippen LogP contribution in [0.15, 0.2) is 47.4 Å². The third kappa shape index (κ3) is 5.02. The van der Waals surface area contributed by atoms with Crippen molar-refractivity contribution in [3.8, 4) is 17.2 Å². The largest absolute Gasteiger partial charge is 0.496 e. The van der Waals surface area contributed by atoms with Crippen LogP contribution in [0.5, 0.6) is 17.2 Å². The molecule has 0 radical (unpaired) electrons. The topological polar surface area (TPSA) is 103 Å². The molecule has 0 bridgehead atoms. The zero-order valence-electron chi connectivity index (χ0n) is 16.0. The number of hydrogen-bond acceptors (Lipinski definition) is 6. The number of hydrogen-bond donors (Lipinski definition) is 2. The van der Waals surface area contributed by atoms with Crippen LogP contribution in [0, 0.1) is 0 Å². The molecule has 0 atom stereocenters. The highest BCUT2D eigenvalue weighted by Gasteiger charge is 2.12. The molecule has 2 aromatic rings. The van der Waals surface area contributed by atoms with Crippen LogP contribution in [0.2, 0.25) is 0 Å². The van der Waals surface area contributed by atoms with E-state index in [1.807, 2.05) is 0 Å². The van der Waals surface area contributed by atoms with Gasteiger partial charge in [0, 0.05) is 23.4 Å². The first kappa shape index (κ1) is 21.3. The number of benzene rings is 2. The van der Waals surface area contributed by atoms with Crippen LogP contribution in [0.25, 0.3) is 6.08 Å². The molecular weight excluding hydrogens is 384 g/mol. The van der Waals surface area contributed by atoms with E-state index in [4.69, 9.17) is 14.2 Å². The van der Waals surface area contributed by atoms with E-state index in [0.717, 1.165) is 0 Å². The van der Waals surface area contributed by atoms with E-state index in [1.54, 1.807) is 18.2 Å². The summed E-state index contributed by atoms with van der Waals surface area (Å²) < 4.78 is 41.4. The summed E-state index contributed by atoms with van der Waals surface area (Å²) in [7, 11) is 2.36. The van der Waals surface area contributed by atoms with Gasteiger partial charge in [-0.25, -0.2) is 13.1 Å². The molecule has 0 aliphatic carbocycles. The molecule has 0 saturated carbocycles. The van der Waals surface area contributed by atoms with E-state index >= 15 is 0 Å². The number of ether oxygens (including phenoxy) is 3. The third-order valence-corrected chi connectivity index (χ3v) is 5.28. The van der Waals surface area contributed by atoms with Gasteiger partial charge in [-0.15, -0.1) is 0 Å². The third-order valence-electron chi connectivity index (χ3n) is 3.85. The highest BCUT2D eigenvalue weighted by Crippen LogP contribution is 2.35. The summed E-state index contributed by atoms with van der Waals surface area (Å²) in [5, 5.41) is 2.66. The summed E-state index contributed by atoms with van der Waals surface area (Å²) in [5.74, 6) is 1.15. The molecule has 2 aromatic carbocycles. The van der Waals surface area contributed by atoms with E-state index in [-0.39, 0.29) is 10.8 Å². The van der Waals surface area contributed by atoms with Crippen molar-refractivity contribution in [2.75, 3.05) is 33.7 Å². The first-order valence-corrected chi connectivity index (χ1v) is 9.65. The van der Waals surface area contributed by atoms with E-state index in [2.05, 4.69) is 10.0 Å². The second-order valence-corrected chi connectivity index (χ2v) is 7.39.